The van der Waals surface area contributed by atoms with Gasteiger partial charge in [-0.1, -0.05) is 38.1 Å². The third-order valence-corrected chi connectivity index (χ3v) is 4.98. The molecule has 3 rings (SSSR count). The summed E-state index contributed by atoms with van der Waals surface area (Å²) in [5.41, 5.74) is 2.97. The first kappa shape index (κ1) is 18.3. The van der Waals surface area contributed by atoms with E-state index in [4.69, 9.17) is 0 Å². The van der Waals surface area contributed by atoms with Crippen LogP contribution in [0.15, 0.2) is 71.9 Å². The SMILES string of the molecule is CC(C)Sc1ccccc1C(=O)NCCc1ccc(-n2cccn2)cc1. The number of nitrogens with one attached hydrogen (secondary N) is 1. The summed E-state index contributed by atoms with van der Waals surface area (Å²) in [6.07, 6.45) is 4.48. The Hall–Kier alpha value is -2.53. The van der Waals surface area contributed by atoms with Crippen molar-refractivity contribution in [2.45, 2.75) is 30.4 Å². The van der Waals surface area contributed by atoms with Crippen molar-refractivity contribution in [2.24, 2.45) is 0 Å². The number of nitrogens with zero attached hydrogens (tertiary/aromatic N) is 2. The predicted octanol–water partition coefficient (Wildman–Crippen LogP) is 4.35. The van der Waals surface area contributed by atoms with Gasteiger partial charge in [0.1, 0.15) is 0 Å². The van der Waals surface area contributed by atoms with Crippen molar-refractivity contribution in [1.82, 2.24) is 15.1 Å². The van der Waals surface area contributed by atoms with Crippen LogP contribution in [0.25, 0.3) is 5.69 Å². The Balaban J connectivity index is 1.56. The van der Waals surface area contributed by atoms with Crippen molar-refractivity contribution in [1.29, 1.82) is 0 Å². The van der Waals surface area contributed by atoms with Crippen LogP contribution in [0.1, 0.15) is 29.8 Å². The van der Waals surface area contributed by atoms with E-state index in [0.29, 0.717) is 11.8 Å². The lowest BCUT2D eigenvalue weighted by atomic mass is 10.1. The van der Waals surface area contributed by atoms with Gasteiger partial charge >= 0.3 is 0 Å². The van der Waals surface area contributed by atoms with Crippen molar-refractivity contribution in [3.05, 3.63) is 78.1 Å². The Morgan fingerprint density at radius 1 is 1.12 bits per heavy atom. The standard InChI is InChI=1S/C21H23N3OS/c1-16(2)26-20-7-4-3-6-19(20)21(25)22-14-12-17-8-10-18(11-9-17)24-15-5-13-23-24/h3-11,13,15-16H,12,14H2,1-2H3,(H,22,25). The van der Waals surface area contributed by atoms with Gasteiger partial charge in [-0.05, 0) is 42.3 Å². The van der Waals surface area contributed by atoms with E-state index >= 15 is 0 Å². The van der Waals surface area contributed by atoms with E-state index in [1.54, 1.807) is 18.0 Å². The molecule has 1 heterocycles. The number of thioether (sulfide) groups is 1. The Morgan fingerprint density at radius 2 is 1.88 bits per heavy atom. The molecule has 0 radical (unpaired) electrons. The molecule has 0 aliphatic rings. The van der Waals surface area contributed by atoms with Gasteiger partial charge in [0.25, 0.3) is 5.91 Å². The molecule has 0 saturated carbocycles. The molecule has 0 fully saturated rings. The normalized spacial score (nSPS) is 10.9. The van der Waals surface area contributed by atoms with Crippen LogP contribution in [0.4, 0.5) is 0 Å². The highest BCUT2D eigenvalue weighted by atomic mass is 32.2. The summed E-state index contributed by atoms with van der Waals surface area (Å²) >= 11 is 1.71. The van der Waals surface area contributed by atoms with Gasteiger partial charge in [-0.3, -0.25) is 4.79 Å². The fourth-order valence-electron chi connectivity index (χ4n) is 2.66. The lowest BCUT2D eigenvalue weighted by molar-refractivity contribution is 0.0951. The summed E-state index contributed by atoms with van der Waals surface area (Å²) in [7, 11) is 0. The number of carbonyl (C=O) groups is 1. The van der Waals surface area contributed by atoms with Gasteiger partial charge in [0.2, 0.25) is 0 Å². The van der Waals surface area contributed by atoms with Gasteiger partial charge in [-0.15, -0.1) is 11.8 Å². The molecular formula is C21H23N3OS. The molecule has 0 saturated heterocycles. The lowest BCUT2D eigenvalue weighted by Crippen LogP contribution is -2.26. The molecule has 0 atom stereocenters. The Morgan fingerprint density at radius 3 is 2.58 bits per heavy atom. The first-order chi connectivity index (χ1) is 12.6. The van der Waals surface area contributed by atoms with E-state index in [2.05, 4.69) is 36.4 Å². The number of amides is 1. The zero-order valence-corrected chi connectivity index (χ0v) is 15.9. The predicted molar refractivity (Wildman–Crippen MR) is 107 cm³/mol. The van der Waals surface area contributed by atoms with Crippen molar-refractivity contribution in [3.63, 3.8) is 0 Å². The third kappa shape index (κ3) is 4.76. The molecule has 134 valence electrons. The molecule has 1 N–H and O–H groups in total. The molecule has 0 aliphatic heterocycles. The molecule has 5 heteroatoms. The molecule has 2 aromatic carbocycles. The molecule has 4 nitrogen and oxygen atoms in total. The molecule has 0 aliphatic carbocycles. The minimum absolute atomic E-state index is 0.0121. The second-order valence-corrected chi connectivity index (χ2v) is 7.90. The molecule has 1 amide bonds. The largest absolute Gasteiger partial charge is 0.352 e. The highest BCUT2D eigenvalue weighted by molar-refractivity contribution is 8.00. The van der Waals surface area contributed by atoms with Crippen LogP contribution >= 0.6 is 11.8 Å². The Kier molecular flexibility index (Phi) is 6.12. The number of hydrogen-bond donors (Lipinski definition) is 1. The highest BCUT2D eigenvalue weighted by Gasteiger charge is 2.12. The Labute approximate surface area is 158 Å². The third-order valence-electron chi connectivity index (χ3n) is 3.90. The molecule has 26 heavy (non-hydrogen) atoms. The molecule has 3 aromatic rings. The van der Waals surface area contributed by atoms with Crippen molar-refractivity contribution < 1.29 is 4.79 Å². The second-order valence-electron chi connectivity index (χ2n) is 6.29. The van der Waals surface area contributed by atoms with Gasteiger partial charge < -0.3 is 5.32 Å². The average molecular weight is 366 g/mol. The fraction of sp³-hybridized carbons (Fsp3) is 0.238. The van der Waals surface area contributed by atoms with Crippen LogP contribution in [-0.4, -0.2) is 27.5 Å². The van der Waals surface area contributed by atoms with Gasteiger partial charge in [0.15, 0.2) is 0 Å². The molecule has 1 aromatic heterocycles. The number of rotatable bonds is 7. The zero-order valence-electron chi connectivity index (χ0n) is 15.1. The number of aromatic nitrogens is 2. The quantitative estimate of drug-likeness (QED) is 0.633. The first-order valence-electron chi connectivity index (χ1n) is 8.76. The molecular weight excluding hydrogens is 342 g/mol. The van der Waals surface area contributed by atoms with Crippen LogP contribution in [0.3, 0.4) is 0 Å². The maximum Gasteiger partial charge on any atom is 0.252 e. The number of carbonyl (C=O) groups excluding carboxylic acids is 1. The van der Waals surface area contributed by atoms with Crippen molar-refractivity contribution in [2.75, 3.05) is 6.54 Å². The van der Waals surface area contributed by atoms with E-state index in [1.165, 1.54) is 5.56 Å². The smallest absolute Gasteiger partial charge is 0.252 e. The molecule has 0 bridgehead atoms. The minimum Gasteiger partial charge on any atom is -0.352 e. The van der Waals surface area contributed by atoms with Crippen molar-refractivity contribution >= 4 is 17.7 Å². The van der Waals surface area contributed by atoms with E-state index < -0.39 is 0 Å². The Bertz CT molecular complexity index is 842. The maximum atomic E-state index is 12.5. The summed E-state index contributed by atoms with van der Waals surface area (Å²) in [5.74, 6) is -0.0121. The summed E-state index contributed by atoms with van der Waals surface area (Å²) in [4.78, 5) is 13.5. The van der Waals surface area contributed by atoms with Crippen LogP contribution < -0.4 is 5.32 Å². The summed E-state index contributed by atoms with van der Waals surface area (Å²) in [6.45, 7) is 4.87. The maximum absolute atomic E-state index is 12.5. The minimum atomic E-state index is -0.0121. The van der Waals surface area contributed by atoms with Crippen molar-refractivity contribution in [3.8, 4) is 5.69 Å². The summed E-state index contributed by atoms with van der Waals surface area (Å²) < 4.78 is 1.83. The number of benzene rings is 2. The topological polar surface area (TPSA) is 46.9 Å². The zero-order chi connectivity index (χ0) is 18.4. The van der Waals surface area contributed by atoms with Gasteiger partial charge in [-0.25, -0.2) is 4.68 Å². The average Bonchev–Trinajstić information content (AvgIpc) is 3.17. The van der Waals surface area contributed by atoms with E-state index in [0.717, 1.165) is 22.6 Å². The first-order valence-corrected chi connectivity index (χ1v) is 9.64. The summed E-state index contributed by atoms with van der Waals surface area (Å²) in [6, 6.07) is 17.9. The van der Waals surface area contributed by atoms with E-state index in [9.17, 15) is 4.79 Å². The van der Waals surface area contributed by atoms with Crippen LogP contribution in [0.5, 0.6) is 0 Å². The van der Waals surface area contributed by atoms with E-state index in [-0.39, 0.29) is 5.91 Å². The van der Waals surface area contributed by atoms with Gasteiger partial charge in [0, 0.05) is 29.1 Å². The van der Waals surface area contributed by atoms with E-state index in [1.807, 2.05) is 53.3 Å². The van der Waals surface area contributed by atoms with Crippen LogP contribution in [0, 0.1) is 0 Å². The lowest BCUT2D eigenvalue weighted by Gasteiger charge is -2.11. The van der Waals surface area contributed by atoms with Gasteiger partial charge in [-0.2, -0.15) is 5.10 Å². The molecule has 0 unspecified atom stereocenters. The molecule has 0 spiro atoms. The second kappa shape index (κ2) is 8.72. The van der Waals surface area contributed by atoms with Crippen LogP contribution in [0.2, 0.25) is 0 Å². The highest BCUT2D eigenvalue weighted by Crippen LogP contribution is 2.26. The van der Waals surface area contributed by atoms with Crippen LogP contribution in [-0.2, 0) is 6.42 Å². The monoisotopic (exact) mass is 365 g/mol. The summed E-state index contributed by atoms with van der Waals surface area (Å²) in [5, 5.41) is 7.70. The fourth-order valence-corrected chi connectivity index (χ4v) is 3.62. The number of hydrogen-bond acceptors (Lipinski definition) is 3. The van der Waals surface area contributed by atoms with Gasteiger partial charge in [0.05, 0.1) is 11.3 Å².